The Balaban J connectivity index is 1.48. The molecule has 0 spiro atoms. The fourth-order valence-electron chi connectivity index (χ4n) is 3.14. The standard InChI is InChI=1S/C16H30N2O3/c1-13(14-3-7-17-8-4-14)11-16(19)18-6-2-9-21-15-5-10-20-12-15/h13-15,17H,2-12H2,1H3,(H,18,19). The molecule has 2 unspecified atom stereocenters. The number of carbonyl (C=O) groups excluding carboxylic acids is 1. The predicted molar refractivity (Wildman–Crippen MR) is 82.2 cm³/mol. The van der Waals surface area contributed by atoms with E-state index in [2.05, 4.69) is 17.6 Å². The van der Waals surface area contributed by atoms with Crippen LogP contribution in [0.3, 0.4) is 0 Å². The second kappa shape index (κ2) is 9.38. The number of carbonyl (C=O) groups is 1. The van der Waals surface area contributed by atoms with E-state index in [0.717, 1.165) is 39.1 Å². The lowest BCUT2D eigenvalue weighted by molar-refractivity contribution is -0.122. The molecule has 0 bridgehead atoms. The largest absolute Gasteiger partial charge is 0.379 e. The Labute approximate surface area is 128 Å². The minimum absolute atomic E-state index is 0.185. The van der Waals surface area contributed by atoms with Crippen molar-refractivity contribution in [1.82, 2.24) is 10.6 Å². The molecule has 2 atom stereocenters. The summed E-state index contributed by atoms with van der Waals surface area (Å²) in [7, 11) is 0. The van der Waals surface area contributed by atoms with Crippen molar-refractivity contribution in [3.8, 4) is 0 Å². The highest BCUT2D eigenvalue weighted by Crippen LogP contribution is 2.24. The Morgan fingerprint density at radius 1 is 1.38 bits per heavy atom. The van der Waals surface area contributed by atoms with E-state index in [-0.39, 0.29) is 12.0 Å². The number of hydrogen-bond acceptors (Lipinski definition) is 4. The quantitative estimate of drug-likeness (QED) is 0.664. The Hall–Kier alpha value is -0.650. The average molecular weight is 298 g/mol. The lowest BCUT2D eigenvalue weighted by atomic mass is 9.84. The van der Waals surface area contributed by atoms with Gasteiger partial charge in [-0.3, -0.25) is 4.79 Å². The third kappa shape index (κ3) is 6.32. The van der Waals surface area contributed by atoms with Crippen LogP contribution in [0, 0.1) is 11.8 Å². The third-order valence-corrected chi connectivity index (χ3v) is 4.58. The molecular weight excluding hydrogens is 268 g/mol. The number of nitrogens with one attached hydrogen (secondary N) is 2. The van der Waals surface area contributed by atoms with Crippen LogP contribution in [0.15, 0.2) is 0 Å². The molecule has 2 saturated heterocycles. The molecule has 5 heteroatoms. The molecule has 0 aliphatic carbocycles. The molecule has 2 aliphatic rings. The second-order valence-corrected chi connectivity index (χ2v) is 6.33. The number of rotatable bonds is 8. The highest BCUT2D eigenvalue weighted by Gasteiger charge is 2.21. The van der Waals surface area contributed by atoms with E-state index in [1.165, 1.54) is 12.8 Å². The number of amides is 1. The van der Waals surface area contributed by atoms with Crippen molar-refractivity contribution in [3.05, 3.63) is 0 Å². The molecular formula is C16H30N2O3. The lowest BCUT2D eigenvalue weighted by Gasteiger charge is -2.27. The van der Waals surface area contributed by atoms with Crippen LogP contribution >= 0.6 is 0 Å². The molecule has 0 radical (unpaired) electrons. The van der Waals surface area contributed by atoms with Crippen LogP contribution in [0.25, 0.3) is 0 Å². The molecule has 0 aromatic heterocycles. The summed E-state index contributed by atoms with van der Waals surface area (Å²) in [6.45, 7) is 7.36. The number of piperidine rings is 1. The first-order valence-electron chi connectivity index (χ1n) is 8.42. The van der Waals surface area contributed by atoms with Crippen molar-refractivity contribution in [2.75, 3.05) is 39.5 Å². The van der Waals surface area contributed by atoms with Gasteiger partial charge in [-0.05, 0) is 50.6 Å². The molecule has 2 rings (SSSR count). The van der Waals surface area contributed by atoms with Gasteiger partial charge in [0, 0.05) is 26.2 Å². The zero-order valence-electron chi connectivity index (χ0n) is 13.2. The van der Waals surface area contributed by atoms with Crippen molar-refractivity contribution >= 4 is 5.91 Å². The van der Waals surface area contributed by atoms with Crippen LogP contribution in [0.2, 0.25) is 0 Å². The molecule has 0 aromatic carbocycles. The molecule has 2 heterocycles. The van der Waals surface area contributed by atoms with E-state index in [1.54, 1.807) is 0 Å². The fraction of sp³-hybridized carbons (Fsp3) is 0.938. The molecule has 2 N–H and O–H groups in total. The van der Waals surface area contributed by atoms with E-state index in [1.807, 2.05) is 0 Å². The predicted octanol–water partition coefficient (Wildman–Crippen LogP) is 1.32. The molecule has 21 heavy (non-hydrogen) atoms. The third-order valence-electron chi connectivity index (χ3n) is 4.58. The van der Waals surface area contributed by atoms with Crippen molar-refractivity contribution < 1.29 is 14.3 Å². The summed E-state index contributed by atoms with van der Waals surface area (Å²) in [5.41, 5.74) is 0. The monoisotopic (exact) mass is 298 g/mol. The van der Waals surface area contributed by atoms with E-state index in [9.17, 15) is 4.79 Å². The summed E-state index contributed by atoms with van der Waals surface area (Å²) in [4.78, 5) is 11.9. The van der Waals surface area contributed by atoms with Gasteiger partial charge in [-0.2, -0.15) is 0 Å². The van der Waals surface area contributed by atoms with Crippen molar-refractivity contribution in [2.24, 2.45) is 11.8 Å². The summed E-state index contributed by atoms with van der Waals surface area (Å²) in [6, 6.07) is 0. The topological polar surface area (TPSA) is 59.6 Å². The summed E-state index contributed by atoms with van der Waals surface area (Å²) in [5.74, 6) is 1.37. The van der Waals surface area contributed by atoms with Gasteiger partial charge in [-0.15, -0.1) is 0 Å². The average Bonchev–Trinajstić information content (AvgIpc) is 3.01. The minimum atomic E-state index is 0.185. The van der Waals surface area contributed by atoms with E-state index < -0.39 is 0 Å². The van der Waals surface area contributed by atoms with Gasteiger partial charge in [-0.25, -0.2) is 0 Å². The van der Waals surface area contributed by atoms with Gasteiger partial charge in [0.05, 0.1) is 12.7 Å². The summed E-state index contributed by atoms with van der Waals surface area (Å²) in [6.07, 6.45) is 5.20. The maximum atomic E-state index is 11.9. The second-order valence-electron chi connectivity index (χ2n) is 6.33. The lowest BCUT2D eigenvalue weighted by Crippen LogP contribution is -2.33. The SMILES string of the molecule is CC(CC(=O)NCCCOC1CCOC1)C1CCNCC1. The summed E-state index contributed by atoms with van der Waals surface area (Å²) in [5, 5.41) is 6.38. The van der Waals surface area contributed by atoms with Gasteiger partial charge in [0.2, 0.25) is 5.91 Å². The van der Waals surface area contributed by atoms with Gasteiger partial charge >= 0.3 is 0 Å². The smallest absolute Gasteiger partial charge is 0.220 e. The van der Waals surface area contributed by atoms with Crippen molar-refractivity contribution in [1.29, 1.82) is 0 Å². The number of ether oxygens (including phenoxy) is 2. The molecule has 122 valence electrons. The fourth-order valence-corrected chi connectivity index (χ4v) is 3.14. The first-order valence-corrected chi connectivity index (χ1v) is 8.42. The van der Waals surface area contributed by atoms with E-state index >= 15 is 0 Å². The van der Waals surface area contributed by atoms with Gasteiger partial charge in [0.1, 0.15) is 0 Å². The summed E-state index contributed by atoms with van der Waals surface area (Å²) >= 11 is 0. The first-order chi connectivity index (χ1) is 10.3. The van der Waals surface area contributed by atoms with Crippen LogP contribution in [0.5, 0.6) is 0 Å². The maximum absolute atomic E-state index is 11.9. The van der Waals surface area contributed by atoms with Crippen LogP contribution in [-0.4, -0.2) is 51.5 Å². The van der Waals surface area contributed by atoms with Gasteiger partial charge in [-0.1, -0.05) is 6.92 Å². The van der Waals surface area contributed by atoms with Crippen LogP contribution < -0.4 is 10.6 Å². The molecule has 2 fully saturated rings. The zero-order valence-corrected chi connectivity index (χ0v) is 13.2. The van der Waals surface area contributed by atoms with E-state index in [4.69, 9.17) is 9.47 Å². The Kier molecular flexibility index (Phi) is 7.47. The molecule has 1 amide bonds. The van der Waals surface area contributed by atoms with Crippen LogP contribution in [0.4, 0.5) is 0 Å². The Morgan fingerprint density at radius 3 is 2.90 bits per heavy atom. The number of hydrogen-bond donors (Lipinski definition) is 2. The first kappa shape index (κ1) is 16.7. The van der Waals surface area contributed by atoms with Crippen LogP contribution in [0.1, 0.15) is 39.0 Å². The maximum Gasteiger partial charge on any atom is 0.220 e. The zero-order chi connectivity index (χ0) is 14.9. The van der Waals surface area contributed by atoms with Gasteiger partial charge < -0.3 is 20.1 Å². The van der Waals surface area contributed by atoms with Gasteiger partial charge in [0.25, 0.3) is 0 Å². The van der Waals surface area contributed by atoms with E-state index in [0.29, 0.717) is 31.4 Å². The molecule has 0 aromatic rings. The normalized spacial score (nSPS) is 24.9. The van der Waals surface area contributed by atoms with Crippen LogP contribution in [-0.2, 0) is 14.3 Å². The molecule has 5 nitrogen and oxygen atoms in total. The van der Waals surface area contributed by atoms with Gasteiger partial charge in [0.15, 0.2) is 0 Å². The summed E-state index contributed by atoms with van der Waals surface area (Å²) < 4.78 is 10.9. The van der Waals surface area contributed by atoms with Crippen molar-refractivity contribution in [3.63, 3.8) is 0 Å². The van der Waals surface area contributed by atoms with Crippen molar-refractivity contribution in [2.45, 2.75) is 45.1 Å². The molecule has 2 aliphatic heterocycles. The molecule has 0 saturated carbocycles. The highest BCUT2D eigenvalue weighted by molar-refractivity contribution is 5.76. The Bertz CT molecular complexity index is 300. The minimum Gasteiger partial charge on any atom is -0.379 e. The highest BCUT2D eigenvalue weighted by atomic mass is 16.5. The Morgan fingerprint density at radius 2 is 2.19 bits per heavy atom.